The van der Waals surface area contributed by atoms with Crippen LogP contribution in [0.3, 0.4) is 0 Å². The molecule has 0 saturated carbocycles. The van der Waals surface area contributed by atoms with Gasteiger partial charge in [0.1, 0.15) is 6.29 Å². The van der Waals surface area contributed by atoms with Gasteiger partial charge in [0, 0.05) is 17.7 Å². The van der Waals surface area contributed by atoms with Gasteiger partial charge in [-0.3, -0.25) is 4.79 Å². The molecule has 0 aromatic heterocycles. The SMILES string of the molecule is COc1cc(C=O)cc(-c2ccccc2CN(C)C)c1OC. The fourth-order valence-corrected chi connectivity index (χ4v) is 2.52. The molecule has 0 N–H and O–H groups in total. The minimum Gasteiger partial charge on any atom is -0.493 e. The Bertz CT molecular complexity index is 665. The number of ether oxygens (including phenoxy) is 2. The zero-order valence-electron chi connectivity index (χ0n) is 13.4. The van der Waals surface area contributed by atoms with Crippen molar-refractivity contribution in [3.05, 3.63) is 47.5 Å². The molecule has 0 aliphatic heterocycles. The fourth-order valence-electron chi connectivity index (χ4n) is 2.52. The van der Waals surface area contributed by atoms with E-state index in [4.69, 9.17) is 9.47 Å². The van der Waals surface area contributed by atoms with Crippen LogP contribution in [0.5, 0.6) is 11.5 Å². The predicted molar refractivity (Wildman–Crippen MR) is 87.8 cm³/mol. The van der Waals surface area contributed by atoms with Crippen LogP contribution in [0, 0.1) is 0 Å². The van der Waals surface area contributed by atoms with Gasteiger partial charge in [0.05, 0.1) is 14.2 Å². The monoisotopic (exact) mass is 299 g/mol. The first-order chi connectivity index (χ1) is 10.6. The van der Waals surface area contributed by atoms with Crippen molar-refractivity contribution in [1.82, 2.24) is 4.90 Å². The Morgan fingerprint density at radius 1 is 1.05 bits per heavy atom. The maximum Gasteiger partial charge on any atom is 0.168 e. The van der Waals surface area contributed by atoms with Crippen molar-refractivity contribution >= 4 is 6.29 Å². The molecule has 2 aromatic carbocycles. The summed E-state index contributed by atoms with van der Waals surface area (Å²) >= 11 is 0. The molecule has 2 aromatic rings. The average Bonchev–Trinajstić information content (AvgIpc) is 2.53. The number of methoxy groups -OCH3 is 2. The normalized spacial score (nSPS) is 10.6. The van der Waals surface area contributed by atoms with E-state index in [1.165, 1.54) is 0 Å². The predicted octanol–water partition coefficient (Wildman–Crippen LogP) is 3.24. The van der Waals surface area contributed by atoms with Gasteiger partial charge in [-0.15, -0.1) is 0 Å². The topological polar surface area (TPSA) is 38.8 Å². The van der Waals surface area contributed by atoms with E-state index in [0.29, 0.717) is 17.1 Å². The molecule has 0 atom stereocenters. The maximum absolute atomic E-state index is 11.2. The van der Waals surface area contributed by atoms with E-state index in [2.05, 4.69) is 11.0 Å². The van der Waals surface area contributed by atoms with Crippen LogP contribution < -0.4 is 9.47 Å². The highest BCUT2D eigenvalue weighted by Gasteiger charge is 2.16. The molecular weight excluding hydrogens is 278 g/mol. The van der Waals surface area contributed by atoms with Crippen LogP contribution in [0.15, 0.2) is 36.4 Å². The lowest BCUT2D eigenvalue weighted by Crippen LogP contribution is -2.11. The Hall–Kier alpha value is -2.33. The van der Waals surface area contributed by atoms with Crippen LogP contribution in [0.4, 0.5) is 0 Å². The third kappa shape index (κ3) is 3.28. The Balaban J connectivity index is 2.68. The smallest absolute Gasteiger partial charge is 0.168 e. The Labute approximate surface area is 131 Å². The summed E-state index contributed by atoms with van der Waals surface area (Å²) in [6.07, 6.45) is 0.819. The molecular formula is C18H21NO3. The van der Waals surface area contributed by atoms with Crippen LogP contribution >= 0.6 is 0 Å². The number of rotatable bonds is 6. The lowest BCUT2D eigenvalue weighted by Gasteiger charge is -2.18. The van der Waals surface area contributed by atoms with Crippen molar-refractivity contribution in [3.8, 4) is 22.6 Å². The Morgan fingerprint density at radius 3 is 2.36 bits per heavy atom. The number of nitrogens with zero attached hydrogens (tertiary/aromatic N) is 1. The van der Waals surface area contributed by atoms with E-state index in [0.717, 1.165) is 29.5 Å². The third-order valence-electron chi connectivity index (χ3n) is 3.43. The van der Waals surface area contributed by atoms with Gasteiger partial charge < -0.3 is 14.4 Å². The molecule has 0 bridgehead atoms. The molecule has 0 spiro atoms. The minimum atomic E-state index is 0.557. The minimum absolute atomic E-state index is 0.557. The van der Waals surface area contributed by atoms with Gasteiger partial charge >= 0.3 is 0 Å². The molecule has 116 valence electrons. The maximum atomic E-state index is 11.2. The van der Waals surface area contributed by atoms with Gasteiger partial charge in [-0.1, -0.05) is 24.3 Å². The molecule has 0 aliphatic carbocycles. The van der Waals surface area contributed by atoms with Crippen molar-refractivity contribution in [2.45, 2.75) is 6.54 Å². The van der Waals surface area contributed by atoms with E-state index in [1.54, 1.807) is 20.3 Å². The molecule has 0 radical (unpaired) electrons. The van der Waals surface area contributed by atoms with E-state index in [-0.39, 0.29) is 0 Å². The summed E-state index contributed by atoms with van der Waals surface area (Å²) in [4.78, 5) is 13.3. The van der Waals surface area contributed by atoms with Crippen LogP contribution in [-0.2, 0) is 6.54 Å². The van der Waals surface area contributed by atoms with Crippen molar-refractivity contribution in [1.29, 1.82) is 0 Å². The number of hydrogen-bond acceptors (Lipinski definition) is 4. The van der Waals surface area contributed by atoms with Crippen LogP contribution in [0.2, 0.25) is 0 Å². The number of carbonyl (C=O) groups is 1. The summed E-state index contributed by atoms with van der Waals surface area (Å²) in [6.45, 7) is 0.799. The number of carbonyl (C=O) groups excluding carboxylic acids is 1. The molecule has 0 saturated heterocycles. The standard InChI is InChI=1S/C18H21NO3/c1-19(2)11-14-7-5-6-8-15(14)16-9-13(12-20)10-17(21-3)18(16)22-4/h5-10,12H,11H2,1-4H3. The summed E-state index contributed by atoms with van der Waals surface area (Å²) in [5.74, 6) is 1.20. The summed E-state index contributed by atoms with van der Waals surface area (Å²) in [7, 11) is 7.23. The van der Waals surface area contributed by atoms with E-state index in [9.17, 15) is 4.79 Å². The highest BCUT2D eigenvalue weighted by atomic mass is 16.5. The summed E-state index contributed by atoms with van der Waals surface area (Å²) in [6, 6.07) is 11.6. The zero-order chi connectivity index (χ0) is 16.1. The van der Waals surface area contributed by atoms with Crippen molar-refractivity contribution < 1.29 is 14.3 Å². The zero-order valence-corrected chi connectivity index (χ0v) is 13.4. The lowest BCUT2D eigenvalue weighted by molar-refractivity contribution is 0.112. The molecule has 0 unspecified atom stereocenters. The highest BCUT2D eigenvalue weighted by Crippen LogP contribution is 2.40. The summed E-state index contributed by atoms with van der Waals surface area (Å²) in [5, 5.41) is 0. The second-order valence-electron chi connectivity index (χ2n) is 5.32. The van der Waals surface area contributed by atoms with Crippen molar-refractivity contribution in [3.63, 3.8) is 0 Å². The Kier molecular flexibility index (Phi) is 5.17. The summed E-state index contributed by atoms with van der Waals surface area (Å²) < 4.78 is 10.9. The fraction of sp³-hybridized carbons (Fsp3) is 0.278. The molecule has 0 fully saturated rings. The van der Waals surface area contributed by atoms with Crippen LogP contribution in [-0.4, -0.2) is 39.5 Å². The first-order valence-electron chi connectivity index (χ1n) is 7.05. The van der Waals surface area contributed by atoms with Gasteiger partial charge in [-0.05, 0) is 37.4 Å². The van der Waals surface area contributed by atoms with E-state index in [1.807, 2.05) is 38.4 Å². The highest BCUT2D eigenvalue weighted by molar-refractivity contribution is 5.85. The molecule has 0 heterocycles. The first kappa shape index (κ1) is 16.0. The number of benzene rings is 2. The quantitative estimate of drug-likeness (QED) is 0.768. The molecule has 0 aliphatic rings. The number of aldehydes is 1. The van der Waals surface area contributed by atoms with E-state index < -0.39 is 0 Å². The van der Waals surface area contributed by atoms with Crippen molar-refractivity contribution in [2.75, 3.05) is 28.3 Å². The molecule has 0 amide bonds. The molecule has 22 heavy (non-hydrogen) atoms. The van der Waals surface area contributed by atoms with Crippen LogP contribution in [0.25, 0.3) is 11.1 Å². The van der Waals surface area contributed by atoms with Gasteiger partial charge in [-0.2, -0.15) is 0 Å². The molecule has 2 rings (SSSR count). The second kappa shape index (κ2) is 7.09. The van der Waals surface area contributed by atoms with Gasteiger partial charge in [0.25, 0.3) is 0 Å². The van der Waals surface area contributed by atoms with Gasteiger partial charge in [-0.25, -0.2) is 0 Å². The first-order valence-corrected chi connectivity index (χ1v) is 7.05. The van der Waals surface area contributed by atoms with E-state index >= 15 is 0 Å². The second-order valence-corrected chi connectivity index (χ2v) is 5.32. The van der Waals surface area contributed by atoms with Gasteiger partial charge in [0.15, 0.2) is 11.5 Å². The third-order valence-corrected chi connectivity index (χ3v) is 3.43. The molecule has 4 nitrogen and oxygen atoms in total. The lowest BCUT2D eigenvalue weighted by atomic mass is 9.96. The number of hydrogen-bond donors (Lipinski definition) is 0. The van der Waals surface area contributed by atoms with Crippen molar-refractivity contribution in [2.24, 2.45) is 0 Å². The van der Waals surface area contributed by atoms with Gasteiger partial charge in [0.2, 0.25) is 0 Å². The summed E-state index contributed by atoms with van der Waals surface area (Å²) in [5.41, 5.74) is 3.62. The largest absolute Gasteiger partial charge is 0.493 e. The Morgan fingerprint density at radius 2 is 1.77 bits per heavy atom. The molecule has 4 heteroatoms. The average molecular weight is 299 g/mol. The van der Waals surface area contributed by atoms with Crippen LogP contribution in [0.1, 0.15) is 15.9 Å².